The van der Waals surface area contributed by atoms with Crippen LogP contribution >= 0.6 is 0 Å². The summed E-state index contributed by atoms with van der Waals surface area (Å²) in [4.78, 5) is 13.4. The maximum Gasteiger partial charge on any atom is 0.201 e. The lowest BCUT2D eigenvalue weighted by Gasteiger charge is -2.26. The number of aryl methyl sites for hydroxylation is 1. The van der Waals surface area contributed by atoms with Crippen LogP contribution in [0.4, 0.5) is 0 Å². The molecule has 0 saturated heterocycles. The zero-order valence-electron chi connectivity index (χ0n) is 17.6. The van der Waals surface area contributed by atoms with Gasteiger partial charge in [-0.3, -0.25) is 4.79 Å². The van der Waals surface area contributed by atoms with Crippen LogP contribution in [-0.4, -0.2) is 15.5 Å². The van der Waals surface area contributed by atoms with Crippen LogP contribution in [0.25, 0.3) is 22.0 Å². The molecule has 0 bridgehead atoms. The lowest BCUT2D eigenvalue weighted by Crippen LogP contribution is -2.23. The van der Waals surface area contributed by atoms with E-state index >= 15 is 0 Å². The maximum atomic E-state index is 13.4. The van der Waals surface area contributed by atoms with Crippen molar-refractivity contribution in [2.24, 2.45) is 0 Å². The number of nitrogens with zero attached hydrogens (tertiary/aromatic N) is 1. The topological polar surface area (TPSA) is 42.2 Å². The van der Waals surface area contributed by atoms with Gasteiger partial charge in [-0.1, -0.05) is 55.1 Å². The second kappa shape index (κ2) is 7.34. The highest BCUT2D eigenvalue weighted by Gasteiger charge is 2.40. The molecule has 1 aliphatic carbocycles. The summed E-state index contributed by atoms with van der Waals surface area (Å²) in [5.41, 5.74) is 6.92. The van der Waals surface area contributed by atoms with E-state index in [2.05, 4.69) is 17.7 Å². The van der Waals surface area contributed by atoms with Crippen molar-refractivity contribution in [3.8, 4) is 0 Å². The van der Waals surface area contributed by atoms with Gasteiger partial charge in [0.15, 0.2) is 0 Å². The van der Waals surface area contributed by atoms with Crippen molar-refractivity contribution in [2.45, 2.75) is 27.3 Å². The van der Waals surface area contributed by atoms with E-state index in [0.29, 0.717) is 23.3 Å². The Bertz CT molecular complexity index is 1300. The van der Waals surface area contributed by atoms with Crippen LogP contribution in [-0.2, 0) is 11.3 Å². The number of aliphatic hydroxyl groups is 1. The molecular weight excluding hydrogens is 370 g/mol. The molecule has 1 heterocycles. The zero-order valence-corrected chi connectivity index (χ0v) is 17.6. The van der Waals surface area contributed by atoms with Crippen LogP contribution < -0.4 is 0 Å². The van der Waals surface area contributed by atoms with Gasteiger partial charge in [-0.25, -0.2) is 0 Å². The average molecular weight is 396 g/mol. The molecule has 3 nitrogen and oxygen atoms in total. The van der Waals surface area contributed by atoms with Crippen molar-refractivity contribution in [1.82, 2.24) is 4.57 Å². The predicted octanol–water partition coefficient (Wildman–Crippen LogP) is 6.33. The lowest BCUT2D eigenvalue weighted by atomic mass is 9.76. The van der Waals surface area contributed by atoms with Gasteiger partial charge < -0.3 is 9.67 Å². The van der Waals surface area contributed by atoms with Gasteiger partial charge in [0.05, 0.1) is 11.1 Å². The number of fused-ring (bicyclic) bond motifs is 1. The van der Waals surface area contributed by atoms with E-state index in [1.807, 2.05) is 75.4 Å². The summed E-state index contributed by atoms with van der Waals surface area (Å²) in [5, 5.41) is 12.1. The molecule has 0 unspecified atom stereocenters. The molecular formula is C27H25NO2. The third-order valence-corrected chi connectivity index (χ3v) is 5.81. The van der Waals surface area contributed by atoms with E-state index in [-0.39, 0.29) is 11.5 Å². The summed E-state index contributed by atoms with van der Waals surface area (Å²) in [7, 11) is 0. The minimum Gasteiger partial charge on any atom is -0.506 e. The number of aromatic nitrogens is 1. The number of carbonyl (C=O) groups excluding carboxylic acids is 1. The van der Waals surface area contributed by atoms with Crippen molar-refractivity contribution in [2.75, 3.05) is 0 Å². The molecule has 3 aromatic rings. The van der Waals surface area contributed by atoms with Crippen LogP contribution in [0.3, 0.4) is 0 Å². The first-order valence-electron chi connectivity index (χ1n) is 10.0. The molecule has 1 aromatic heterocycles. The number of carbonyl (C=O) groups is 1. The number of rotatable bonds is 5. The molecule has 0 radical (unpaired) electrons. The van der Waals surface area contributed by atoms with Gasteiger partial charge in [-0.15, -0.1) is 6.58 Å². The highest BCUT2D eigenvalue weighted by Crippen LogP contribution is 2.46. The summed E-state index contributed by atoms with van der Waals surface area (Å²) in [5.74, 6) is -0.0933. The Morgan fingerprint density at radius 1 is 1.10 bits per heavy atom. The van der Waals surface area contributed by atoms with E-state index in [4.69, 9.17) is 0 Å². The summed E-state index contributed by atoms with van der Waals surface area (Å²) in [6, 6.07) is 15.8. The highest BCUT2D eigenvalue weighted by molar-refractivity contribution is 6.43. The van der Waals surface area contributed by atoms with Gasteiger partial charge in [-0.05, 0) is 49.1 Å². The van der Waals surface area contributed by atoms with Gasteiger partial charge in [0, 0.05) is 28.7 Å². The Hall–Kier alpha value is -3.59. The number of hydrogen-bond donors (Lipinski definition) is 1. The first-order valence-corrected chi connectivity index (χ1v) is 10.0. The molecule has 0 atom stereocenters. The van der Waals surface area contributed by atoms with E-state index in [0.717, 1.165) is 38.9 Å². The molecule has 1 aliphatic rings. The minimum atomic E-state index is -0.140. The van der Waals surface area contributed by atoms with Gasteiger partial charge in [0.1, 0.15) is 5.76 Å². The standard InChI is InChI=1S/C27H25NO2/c1-6-15-28-18(5)23(20-13-9-10-14-21(20)28)25-26(29)24(27(25)30)22(16(2)3)19-12-8-7-11-17(19)4/h6-14,29H,1-2,15H2,3-5H3/b24-22+. The average Bonchev–Trinajstić information content (AvgIpc) is 2.99. The van der Waals surface area contributed by atoms with Crippen LogP contribution in [0.2, 0.25) is 0 Å². The van der Waals surface area contributed by atoms with E-state index in [1.165, 1.54) is 0 Å². The number of ketones is 1. The summed E-state index contributed by atoms with van der Waals surface area (Å²) in [6.07, 6.45) is 1.84. The monoisotopic (exact) mass is 395 g/mol. The lowest BCUT2D eigenvalue weighted by molar-refractivity contribution is -0.111. The summed E-state index contributed by atoms with van der Waals surface area (Å²) >= 11 is 0. The zero-order chi connectivity index (χ0) is 21.6. The van der Waals surface area contributed by atoms with Crippen LogP contribution in [0.15, 0.2) is 84.7 Å². The highest BCUT2D eigenvalue weighted by atomic mass is 16.3. The van der Waals surface area contributed by atoms with Crippen molar-refractivity contribution in [3.05, 3.63) is 107 Å². The first kappa shape index (κ1) is 19.7. The van der Waals surface area contributed by atoms with Crippen LogP contribution in [0.5, 0.6) is 0 Å². The Labute approximate surface area is 177 Å². The minimum absolute atomic E-state index is 0.0471. The number of allylic oxidation sites excluding steroid dienone is 5. The van der Waals surface area contributed by atoms with Gasteiger partial charge >= 0.3 is 0 Å². The van der Waals surface area contributed by atoms with Crippen molar-refractivity contribution < 1.29 is 9.90 Å². The Morgan fingerprint density at radius 2 is 1.77 bits per heavy atom. The fraction of sp³-hybridized carbons (Fsp3) is 0.148. The molecule has 4 rings (SSSR count). The molecule has 3 heteroatoms. The number of benzene rings is 2. The van der Waals surface area contributed by atoms with Crippen molar-refractivity contribution in [1.29, 1.82) is 0 Å². The van der Waals surface area contributed by atoms with Gasteiger partial charge in [0.25, 0.3) is 0 Å². The van der Waals surface area contributed by atoms with Crippen LogP contribution in [0.1, 0.15) is 29.3 Å². The number of para-hydroxylation sites is 1. The quantitative estimate of drug-likeness (QED) is 0.405. The SMILES string of the molecule is C=CCn1c(C)c(C2=C(O)/C(=C(/C(=C)C)c3ccccc3C)C2=O)c2ccccc21. The third-order valence-electron chi connectivity index (χ3n) is 5.81. The predicted molar refractivity (Wildman–Crippen MR) is 124 cm³/mol. The number of aliphatic hydroxyl groups excluding tert-OH is 1. The molecule has 1 N–H and O–H groups in total. The fourth-order valence-corrected chi connectivity index (χ4v) is 4.41. The number of Topliss-reactive ketones (excluding diaryl/α,β-unsaturated/α-hetero) is 1. The molecule has 150 valence electrons. The molecule has 0 fully saturated rings. The molecule has 0 amide bonds. The van der Waals surface area contributed by atoms with E-state index in [1.54, 1.807) is 0 Å². The second-order valence-corrected chi connectivity index (χ2v) is 7.77. The fourth-order valence-electron chi connectivity index (χ4n) is 4.41. The van der Waals surface area contributed by atoms with Gasteiger partial charge in [0.2, 0.25) is 5.78 Å². The van der Waals surface area contributed by atoms with E-state index in [9.17, 15) is 9.90 Å². The molecule has 0 aliphatic heterocycles. The number of hydrogen-bond acceptors (Lipinski definition) is 2. The molecule has 2 aromatic carbocycles. The van der Waals surface area contributed by atoms with E-state index < -0.39 is 0 Å². The Balaban J connectivity index is 2.00. The summed E-state index contributed by atoms with van der Waals surface area (Å²) < 4.78 is 2.12. The van der Waals surface area contributed by atoms with Crippen LogP contribution in [0, 0.1) is 13.8 Å². The largest absolute Gasteiger partial charge is 0.506 e. The van der Waals surface area contributed by atoms with Gasteiger partial charge in [-0.2, -0.15) is 0 Å². The van der Waals surface area contributed by atoms with Crippen molar-refractivity contribution >= 4 is 27.8 Å². The Kier molecular flexibility index (Phi) is 4.83. The Morgan fingerprint density at radius 3 is 2.40 bits per heavy atom. The third kappa shape index (κ3) is 2.78. The summed E-state index contributed by atoms with van der Waals surface area (Å²) in [6.45, 7) is 14.4. The molecule has 30 heavy (non-hydrogen) atoms. The molecule has 0 saturated carbocycles. The maximum absolute atomic E-state index is 13.4. The molecule has 0 spiro atoms. The van der Waals surface area contributed by atoms with Crippen molar-refractivity contribution in [3.63, 3.8) is 0 Å². The normalized spacial score (nSPS) is 15.4. The smallest absolute Gasteiger partial charge is 0.201 e. The first-order chi connectivity index (χ1) is 14.4. The second-order valence-electron chi connectivity index (χ2n) is 7.77.